The molecule has 33 heavy (non-hydrogen) atoms. The van der Waals surface area contributed by atoms with Gasteiger partial charge in [0.2, 0.25) is 5.95 Å². The molecule has 1 fully saturated rings. The number of fused-ring (bicyclic) bond motifs is 1. The Labute approximate surface area is 199 Å². The SMILES string of the molecule is NC(=O)c1nc(N2CCC(N)(c3ccccn3)CC2)nc2[nH]nc(-c3cccc(Cl)c3Cl)c12. The number of hydrogen-bond acceptors (Lipinski definition) is 7. The van der Waals surface area contributed by atoms with Crippen molar-refractivity contribution in [2.24, 2.45) is 11.5 Å². The molecule has 0 aliphatic carbocycles. The van der Waals surface area contributed by atoms with Crippen molar-refractivity contribution in [1.29, 1.82) is 0 Å². The van der Waals surface area contributed by atoms with E-state index in [4.69, 9.17) is 34.7 Å². The van der Waals surface area contributed by atoms with Crippen LogP contribution >= 0.6 is 23.2 Å². The number of amides is 1. The quantitative estimate of drug-likeness (QED) is 0.405. The molecule has 9 nitrogen and oxygen atoms in total. The minimum atomic E-state index is -0.692. The molecule has 11 heteroatoms. The Kier molecular flexibility index (Phi) is 5.40. The third kappa shape index (κ3) is 3.78. The van der Waals surface area contributed by atoms with Gasteiger partial charge in [-0.1, -0.05) is 41.4 Å². The predicted octanol–water partition coefficient (Wildman–Crippen LogP) is 3.28. The van der Waals surface area contributed by atoms with Gasteiger partial charge in [0.15, 0.2) is 5.65 Å². The number of carbonyl (C=O) groups is 1. The Morgan fingerprint density at radius 3 is 2.58 bits per heavy atom. The Bertz CT molecular complexity index is 1350. The highest BCUT2D eigenvalue weighted by Crippen LogP contribution is 2.37. The zero-order valence-electron chi connectivity index (χ0n) is 17.4. The number of aromatic amines is 1. The fourth-order valence-corrected chi connectivity index (χ4v) is 4.53. The summed E-state index contributed by atoms with van der Waals surface area (Å²) in [7, 11) is 0. The maximum Gasteiger partial charge on any atom is 0.268 e. The maximum absolute atomic E-state index is 12.4. The van der Waals surface area contributed by atoms with Gasteiger partial charge in [-0.2, -0.15) is 10.1 Å². The topological polar surface area (TPSA) is 140 Å². The first-order valence-corrected chi connectivity index (χ1v) is 11.1. The summed E-state index contributed by atoms with van der Waals surface area (Å²) in [5.41, 5.74) is 14.1. The first-order valence-electron chi connectivity index (χ1n) is 10.3. The van der Waals surface area contributed by atoms with Crippen LogP contribution < -0.4 is 16.4 Å². The second kappa shape index (κ2) is 8.26. The van der Waals surface area contributed by atoms with E-state index in [-0.39, 0.29) is 5.69 Å². The largest absolute Gasteiger partial charge is 0.364 e. The molecule has 5 N–H and O–H groups in total. The lowest BCUT2D eigenvalue weighted by atomic mass is 9.85. The molecule has 4 heterocycles. The normalized spacial score (nSPS) is 15.7. The number of primary amides is 1. The fourth-order valence-electron chi connectivity index (χ4n) is 4.14. The van der Waals surface area contributed by atoms with E-state index < -0.39 is 11.4 Å². The van der Waals surface area contributed by atoms with Crippen molar-refractivity contribution in [3.05, 3.63) is 64.0 Å². The van der Waals surface area contributed by atoms with Crippen LogP contribution in [-0.2, 0) is 5.54 Å². The molecule has 168 valence electrons. The van der Waals surface area contributed by atoms with Crippen LogP contribution in [0.25, 0.3) is 22.3 Å². The molecule has 1 aliphatic heterocycles. The summed E-state index contributed by atoms with van der Waals surface area (Å²) in [4.78, 5) is 27.9. The summed E-state index contributed by atoms with van der Waals surface area (Å²) in [6.45, 7) is 1.19. The second-order valence-electron chi connectivity index (χ2n) is 7.99. The van der Waals surface area contributed by atoms with Gasteiger partial charge in [0.1, 0.15) is 11.4 Å². The maximum atomic E-state index is 12.4. The molecule has 1 aromatic carbocycles. The number of aromatic nitrogens is 5. The Morgan fingerprint density at radius 2 is 1.88 bits per heavy atom. The molecule has 0 atom stereocenters. The summed E-state index contributed by atoms with van der Waals surface area (Å²) in [5.74, 6) is -0.310. The van der Waals surface area contributed by atoms with Gasteiger partial charge >= 0.3 is 0 Å². The van der Waals surface area contributed by atoms with Crippen LogP contribution in [0.1, 0.15) is 29.0 Å². The number of benzene rings is 1. The standard InChI is InChI=1S/C22H20Cl2N8O/c23-13-5-3-4-12(16(13)24)17-15-18(19(25)33)28-21(29-20(15)31-30-17)32-10-7-22(26,8-11-32)14-6-1-2-9-27-14/h1-6,9H,7-8,10-11,26H2,(H2,25,33)(H,28,29,30,31). The van der Waals surface area contributed by atoms with Crippen molar-refractivity contribution in [2.75, 3.05) is 18.0 Å². The lowest BCUT2D eigenvalue weighted by Gasteiger charge is -2.38. The van der Waals surface area contributed by atoms with Gasteiger partial charge in [-0.15, -0.1) is 0 Å². The van der Waals surface area contributed by atoms with Crippen LogP contribution in [0.15, 0.2) is 42.6 Å². The first-order chi connectivity index (χ1) is 15.9. The van der Waals surface area contributed by atoms with Crippen molar-refractivity contribution in [2.45, 2.75) is 18.4 Å². The van der Waals surface area contributed by atoms with E-state index >= 15 is 0 Å². The fraction of sp³-hybridized carbons (Fsp3) is 0.227. The van der Waals surface area contributed by atoms with E-state index in [9.17, 15) is 4.79 Å². The van der Waals surface area contributed by atoms with Gasteiger partial charge in [0.25, 0.3) is 5.91 Å². The number of H-pyrrole nitrogens is 1. The lowest BCUT2D eigenvalue weighted by molar-refractivity contribution is 0.0997. The van der Waals surface area contributed by atoms with Gasteiger partial charge in [-0.25, -0.2) is 4.98 Å². The third-order valence-electron chi connectivity index (χ3n) is 5.96. The zero-order chi connectivity index (χ0) is 23.2. The predicted molar refractivity (Wildman–Crippen MR) is 127 cm³/mol. The number of nitrogens with one attached hydrogen (secondary N) is 1. The van der Waals surface area contributed by atoms with Crippen LogP contribution in [0.4, 0.5) is 5.95 Å². The van der Waals surface area contributed by atoms with Crippen molar-refractivity contribution in [3.8, 4) is 11.3 Å². The number of anilines is 1. The number of pyridine rings is 1. The molecule has 0 radical (unpaired) electrons. The summed E-state index contributed by atoms with van der Waals surface area (Å²) >= 11 is 12.5. The monoisotopic (exact) mass is 482 g/mol. The Hall–Kier alpha value is -3.27. The number of rotatable bonds is 4. The number of halogens is 2. The smallest absolute Gasteiger partial charge is 0.268 e. The van der Waals surface area contributed by atoms with Crippen LogP contribution in [0.5, 0.6) is 0 Å². The average molecular weight is 483 g/mol. The average Bonchev–Trinajstić information content (AvgIpc) is 3.25. The first kappa shape index (κ1) is 21.6. The highest BCUT2D eigenvalue weighted by Gasteiger charge is 2.35. The summed E-state index contributed by atoms with van der Waals surface area (Å²) in [5, 5.41) is 8.30. The van der Waals surface area contributed by atoms with E-state index in [0.29, 0.717) is 64.2 Å². The molecular weight excluding hydrogens is 463 g/mol. The molecule has 5 rings (SSSR count). The van der Waals surface area contributed by atoms with Crippen molar-refractivity contribution in [1.82, 2.24) is 25.1 Å². The molecule has 0 saturated carbocycles. The number of hydrogen-bond donors (Lipinski definition) is 3. The van der Waals surface area contributed by atoms with E-state index in [1.54, 1.807) is 24.4 Å². The van der Waals surface area contributed by atoms with Crippen LogP contribution in [0, 0.1) is 0 Å². The second-order valence-corrected chi connectivity index (χ2v) is 8.78. The van der Waals surface area contributed by atoms with E-state index in [1.165, 1.54) is 0 Å². The number of nitrogens with two attached hydrogens (primary N) is 2. The Balaban J connectivity index is 1.51. The molecule has 0 spiro atoms. The van der Waals surface area contributed by atoms with Crippen molar-refractivity contribution in [3.63, 3.8) is 0 Å². The Morgan fingerprint density at radius 1 is 1.09 bits per heavy atom. The molecule has 1 aliphatic rings. The highest BCUT2D eigenvalue weighted by molar-refractivity contribution is 6.43. The van der Waals surface area contributed by atoms with Gasteiger partial charge in [0.05, 0.1) is 26.7 Å². The minimum absolute atomic E-state index is 0.0594. The van der Waals surface area contributed by atoms with E-state index in [1.807, 2.05) is 23.1 Å². The van der Waals surface area contributed by atoms with Crippen LogP contribution in [0.2, 0.25) is 10.0 Å². The van der Waals surface area contributed by atoms with Crippen molar-refractivity contribution >= 4 is 46.1 Å². The van der Waals surface area contributed by atoms with Gasteiger partial charge < -0.3 is 16.4 Å². The number of piperidine rings is 1. The van der Waals surface area contributed by atoms with Crippen LogP contribution in [0.3, 0.4) is 0 Å². The number of carbonyl (C=O) groups excluding carboxylic acids is 1. The van der Waals surface area contributed by atoms with Gasteiger partial charge in [-0.3, -0.25) is 14.9 Å². The molecule has 3 aromatic heterocycles. The van der Waals surface area contributed by atoms with E-state index in [0.717, 1.165) is 5.69 Å². The zero-order valence-corrected chi connectivity index (χ0v) is 18.9. The summed E-state index contributed by atoms with van der Waals surface area (Å²) < 4.78 is 0. The number of nitrogens with zero attached hydrogens (tertiary/aromatic N) is 5. The highest BCUT2D eigenvalue weighted by atomic mass is 35.5. The molecular formula is C22H20Cl2N8O. The van der Waals surface area contributed by atoms with Gasteiger partial charge in [-0.05, 0) is 31.0 Å². The van der Waals surface area contributed by atoms with Crippen molar-refractivity contribution < 1.29 is 4.79 Å². The molecule has 1 amide bonds. The summed E-state index contributed by atoms with van der Waals surface area (Å²) in [6, 6.07) is 10.9. The molecule has 4 aromatic rings. The minimum Gasteiger partial charge on any atom is -0.364 e. The van der Waals surface area contributed by atoms with E-state index in [2.05, 4.69) is 25.1 Å². The third-order valence-corrected chi connectivity index (χ3v) is 6.78. The van der Waals surface area contributed by atoms with Crippen LogP contribution in [-0.4, -0.2) is 44.1 Å². The molecule has 1 saturated heterocycles. The summed E-state index contributed by atoms with van der Waals surface area (Å²) in [6.07, 6.45) is 3.06. The lowest BCUT2D eigenvalue weighted by Crippen LogP contribution is -2.49. The van der Waals surface area contributed by atoms with Gasteiger partial charge in [0, 0.05) is 24.8 Å². The molecule has 0 unspecified atom stereocenters. The molecule has 0 bridgehead atoms.